The molecule has 1 aromatic heterocycles. The van der Waals surface area contributed by atoms with Gasteiger partial charge >= 0.3 is 0 Å². The average molecular weight is 412 g/mol. The second-order valence-electron chi connectivity index (χ2n) is 8.66. The minimum Gasteiger partial charge on any atom is -0.497 e. The van der Waals surface area contributed by atoms with E-state index in [9.17, 15) is 0 Å². The van der Waals surface area contributed by atoms with Crippen molar-refractivity contribution in [1.29, 1.82) is 0 Å². The van der Waals surface area contributed by atoms with Crippen LogP contribution in [-0.2, 0) is 0 Å². The van der Waals surface area contributed by atoms with E-state index in [1.807, 2.05) is 30.6 Å². The van der Waals surface area contributed by atoms with E-state index in [0.717, 1.165) is 41.7 Å². The predicted octanol–water partition coefficient (Wildman–Crippen LogP) is 5.30. The molecular weight excluding hydrogens is 382 g/mol. The van der Waals surface area contributed by atoms with Gasteiger partial charge in [-0.3, -0.25) is 14.9 Å². The second kappa shape index (κ2) is 8.64. The summed E-state index contributed by atoms with van der Waals surface area (Å²) in [5.74, 6) is 2.15. The molecule has 3 unspecified atom stereocenters. The Balaban J connectivity index is 1.59. The number of hydrogen-bond donors (Lipinski definition) is 0. The van der Waals surface area contributed by atoms with Crippen LogP contribution in [0.25, 0.3) is 10.9 Å². The van der Waals surface area contributed by atoms with Crippen molar-refractivity contribution in [2.24, 2.45) is 16.8 Å². The highest BCUT2D eigenvalue weighted by Gasteiger charge is 2.42. The summed E-state index contributed by atoms with van der Waals surface area (Å²) in [6.45, 7) is 6.32. The minimum atomic E-state index is 0.0476. The van der Waals surface area contributed by atoms with Crippen LogP contribution in [0.2, 0.25) is 0 Å². The van der Waals surface area contributed by atoms with Crippen molar-refractivity contribution in [3.8, 4) is 5.75 Å². The smallest absolute Gasteiger partial charge is 0.119 e. The minimum absolute atomic E-state index is 0.0476. The fraction of sp³-hybridized carbons (Fsp3) is 0.333. The maximum Gasteiger partial charge on any atom is 0.119 e. The Morgan fingerprint density at radius 1 is 1.19 bits per heavy atom. The number of benzene rings is 2. The first-order chi connectivity index (χ1) is 15.3. The van der Waals surface area contributed by atoms with Crippen LogP contribution in [0.1, 0.15) is 30.0 Å². The van der Waals surface area contributed by atoms with Gasteiger partial charge in [-0.1, -0.05) is 36.4 Å². The number of aromatic nitrogens is 1. The Bertz CT molecular complexity index is 1090. The number of hydrogen-bond acceptors (Lipinski definition) is 4. The second-order valence-corrected chi connectivity index (χ2v) is 8.66. The summed E-state index contributed by atoms with van der Waals surface area (Å²) in [5, 5.41) is 1.12. The Morgan fingerprint density at radius 2 is 2.06 bits per heavy atom. The lowest BCUT2D eigenvalue weighted by molar-refractivity contribution is 0.00797. The lowest BCUT2D eigenvalue weighted by Gasteiger charge is -2.51. The van der Waals surface area contributed by atoms with E-state index in [4.69, 9.17) is 9.73 Å². The monoisotopic (exact) mass is 411 g/mol. The van der Waals surface area contributed by atoms with Crippen LogP contribution in [0.5, 0.6) is 5.75 Å². The largest absolute Gasteiger partial charge is 0.497 e. The van der Waals surface area contributed by atoms with E-state index >= 15 is 0 Å². The topological polar surface area (TPSA) is 37.7 Å². The molecule has 3 fully saturated rings. The maximum atomic E-state index is 5.52. The summed E-state index contributed by atoms with van der Waals surface area (Å²) in [5.41, 5.74) is 3.34. The molecule has 3 aliphatic rings. The van der Waals surface area contributed by atoms with Gasteiger partial charge < -0.3 is 4.74 Å². The van der Waals surface area contributed by atoms with Gasteiger partial charge in [-0.15, -0.1) is 6.58 Å². The predicted molar refractivity (Wildman–Crippen MR) is 127 cm³/mol. The molecule has 0 aliphatic carbocycles. The normalized spacial score (nSPS) is 26.2. The van der Waals surface area contributed by atoms with Crippen LogP contribution >= 0.6 is 0 Å². The van der Waals surface area contributed by atoms with E-state index in [0.29, 0.717) is 17.9 Å². The molecule has 4 nitrogen and oxygen atoms in total. The zero-order valence-corrected chi connectivity index (χ0v) is 18.0. The van der Waals surface area contributed by atoms with Gasteiger partial charge in [-0.25, -0.2) is 0 Å². The molecule has 0 radical (unpaired) electrons. The Morgan fingerprint density at radius 3 is 2.81 bits per heavy atom. The van der Waals surface area contributed by atoms with Crippen LogP contribution < -0.4 is 4.74 Å². The number of pyridine rings is 1. The zero-order valence-electron chi connectivity index (χ0n) is 18.0. The highest BCUT2D eigenvalue weighted by molar-refractivity contribution is 5.85. The summed E-state index contributed by atoms with van der Waals surface area (Å²) in [4.78, 5) is 12.4. The number of ether oxygens (including phenoxy) is 1. The van der Waals surface area contributed by atoms with E-state index in [1.165, 1.54) is 12.0 Å². The summed E-state index contributed by atoms with van der Waals surface area (Å²) >= 11 is 0. The van der Waals surface area contributed by atoms with Gasteiger partial charge in [0.05, 0.1) is 18.7 Å². The van der Waals surface area contributed by atoms with Crippen molar-refractivity contribution in [3.05, 3.63) is 84.6 Å². The molecule has 0 amide bonds. The van der Waals surface area contributed by atoms with Crippen LogP contribution in [0.3, 0.4) is 0 Å². The van der Waals surface area contributed by atoms with Gasteiger partial charge in [0.1, 0.15) is 5.75 Å². The molecule has 4 heterocycles. The van der Waals surface area contributed by atoms with Crippen LogP contribution in [-0.4, -0.2) is 42.3 Å². The van der Waals surface area contributed by atoms with Gasteiger partial charge in [0.25, 0.3) is 0 Å². The molecule has 5 atom stereocenters. The number of methoxy groups -OCH3 is 1. The highest BCUT2D eigenvalue weighted by atomic mass is 16.5. The van der Waals surface area contributed by atoms with Gasteiger partial charge in [-0.2, -0.15) is 0 Å². The summed E-state index contributed by atoms with van der Waals surface area (Å²) in [6.07, 6.45) is 8.51. The molecule has 2 aromatic carbocycles. The summed E-state index contributed by atoms with van der Waals surface area (Å²) in [6, 6.07) is 19.1. The number of fused-ring (bicyclic) bond motifs is 4. The number of aliphatic imine (C=N–C) groups is 1. The fourth-order valence-corrected chi connectivity index (χ4v) is 5.33. The van der Waals surface area contributed by atoms with Gasteiger partial charge in [-0.05, 0) is 66.6 Å². The SMILES string of the molecule is C=CC1CN2CCC1C[C@H]2[C@@H](N=Cc1ccccc1)c1ccnc2ccc(OC)cc12. The molecule has 2 bridgehead atoms. The first kappa shape index (κ1) is 20.0. The quantitative estimate of drug-likeness (QED) is 0.408. The molecule has 3 aromatic rings. The first-order valence-electron chi connectivity index (χ1n) is 11.1. The third-order valence-electron chi connectivity index (χ3n) is 7.00. The molecule has 0 spiro atoms. The highest BCUT2D eigenvalue weighted by Crippen LogP contribution is 2.43. The van der Waals surface area contributed by atoms with Crippen LogP contribution in [0.4, 0.5) is 0 Å². The van der Waals surface area contributed by atoms with Gasteiger partial charge in [0.2, 0.25) is 0 Å². The summed E-state index contributed by atoms with van der Waals surface area (Å²) < 4.78 is 5.52. The third kappa shape index (κ3) is 3.88. The first-order valence-corrected chi connectivity index (χ1v) is 11.1. The standard InChI is InChI=1S/C27H29N3O/c1-3-20-18-30-14-12-21(20)15-26(30)27(29-17-19-7-5-4-6-8-19)23-11-13-28-25-10-9-22(31-2)16-24(23)25/h3-11,13,16-17,20-21,26-27H,1,12,14-15,18H2,2H3/t20?,21?,26-,27-/m0/s1. The number of rotatable bonds is 6. The molecule has 3 aliphatic heterocycles. The fourth-order valence-electron chi connectivity index (χ4n) is 5.33. The lowest BCUT2D eigenvalue weighted by Crippen LogP contribution is -2.54. The summed E-state index contributed by atoms with van der Waals surface area (Å²) in [7, 11) is 1.71. The Labute approximate surface area is 184 Å². The van der Waals surface area contributed by atoms with Crippen LogP contribution in [0, 0.1) is 11.8 Å². The molecule has 0 N–H and O–H groups in total. The molecule has 0 saturated carbocycles. The third-order valence-corrected chi connectivity index (χ3v) is 7.00. The van der Waals surface area contributed by atoms with Crippen molar-refractivity contribution in [2.45, 2.75) is 24.9 Å². The maximum absolute atomic E-state index is 5.52. The average Bonchev–Trinajstić information content (AvgIpc) is 2.85. The molecule has 31 heavy (non-hydrogen) atoms. The Hall–Kier alpha value is -2.98. The zero-order chi connectivity index (χ0) is 21.2. The van der Waals surface area contributed by atoms with Crippen molar-refractivity contribution in [3.63, 3.8) is 0 Å². The molecule has 3 saturated heterocycles. The number of nitrogens with zero attached hydrogens (tertiary/aromatic N) is 3. The van der Waals surface area contributed by atoms with Crippen molar-refractivity contribution in [2.75, 3.05) is 20.2 Å². The van der Waals surface area contributed by atoms with Crippen molar-refractivity contribution >= 4 is 17.1 Å². The van der Waals surface area contributed by atoms with Gasteiger partial charge in [0.15, 0.2) is 0 Å². The van der Waals surface area contributed by atoms with E-state index in [-0.39, 0.29) is 6.04 Å². The molecule has 4 heteroatoms. The van der Waals surface area contributed by atoms with Crippen molar-refractivity contribution in [1.82, 2.24) is 9.88 Å². The number of piperidine rings is 3. The Kier molecular flexibility index (Phi) is 5.56. The molecular formula is C27H29N3O. The molecule has 6 rings (SSSR count). The van der Waals surface area contributed by atoms with E-state index in [2.05, 4.69) is 58.9 Å². The van der Waals surface area contributed by atoms with E-state index in [1.54, 1.807) is 7.11 Å². The lowest BCUT2D eigenvalue weighted by atomic mass is 9.73. The van der Waals surface area contributed by atoms with Crippen molar-refractivity contribution < 1.29 is 4.74 Å². The van der Waals surface area contributed by atoms with Gasteiger partial charge in [0, 0.05) is 30.4 Å². The van der Waals surface area contributed by atoms with Crippen LogP contribution in [0.15, 0.2) is 78.4 Å². The van der Waals surface area contributed by atoms with E-state index < -0.39 is 0 Å². The molecule has 158 valence electrons.